The highest BCUT2D eigenvalue weighted by Crippen LogP contribution is 2.33. The number of nitrogens with zero attached hydrogens (tertiary/aromatic N) is 2. The first-order chi connectivity index (χ1) is 21.3. The lowest BCUT2D eigenvalue weighted by Crippen LogP contribution is -2.47. The molecule has 11 heteroatoms. The van der Waals surface area contributed by atoms with E-state index in [1.807, 2.05) is 32.0 Å². The Balaban J connectivity index is 1.33. The molecule has 1 fully saturated rings. The minimum atomic E-state index is -0.926. The summed E-state index contributed by atoms with van der Waals surface area (Å²) in [6, 6.07) is 12.9. The number of ether oxygens (including phenoxy) is 5. The van der Waals surface area contributed by atoms with E-state index in [1.54, 1.807) is 19.2 Å². The quantitative estimate of drug-likeness (QED) is 0.212. The normalized spacial score (nSPS) is 17.5. The van der Waals surface area contributed by atoms with Gasteiger partial charge in [0.25, 0.3) is 5.91 Å². The fraction of sp³-hybridized carbons (Fsp3) is 0.545. The second kappa shape index (κ2) is 16.5. The van der Waals surface area contributed by atoms with E-state index in [4.69, 9.17) is 29.4 Å². The van der Waals surface area contributed by atoms with Crippen molar-refractivity contribution in [1.29, 1.82) is 0 Å². The van der Waals surface area contributed by atoms with Crippen LogP contribution in [0.3, 0.4) is 0 Å². The molecule has 0 aromatic heterocycles. The maximum absolute atomic E-state index is 13.3. The molecule has 1 saturated heterocycles. The van der Waals surface area contributed by atoms with Crippen LogP contribution in [-0.4, -0.2) is 93.0 Å². The van der Waals surface area contributed by atoms with E-state index in [-0.39, 0.29) is 37.3 Å². The number of primary amides is 1. The third kappa shape index (κ3) is 9.25. The number of carbonyl (C=O) groups excluding carboxylic acids is 3. The maximum Gasteiger partial charge on any atom is 0.305 e. The number of benzene rings is 2. The molecule has 0 spiro atoms. The molecule has 2 atom stereocenters. The molecule has 240 valence electrons. The Morgan fingerprint density at radius 3 is 2.59 bits per heavy atom. The number of nitrogens with two attached hydrogens (primary N) is 1. The zero-order valence-electron chi connectivity index (χ0n) is 26.0. The summed E-state index contributed by atoms with van der Waals surface area (Å²) in [5.41, 5.74) is 9.02. The van der Waals surface area contributed by atoms with Gasteiger partial charge in [0, 0.05) is 37.7 Å². The van der Waals surface area contributed by atoms with Gasteiger partial charge in [-0.05, 0) is 35.6 Å². The largest absolute Gasteiger partial charge is 0.489 e. The van der Waals surface area contributed by atoms with Crippen LogP contribution in [0.2, 0.25) is 0 Å². The summed E-state index contributed by atoms with van der Waals surface area (Å²) in [6.07, 6.45) is 0.0920. The average Bonchev–Trinajstić information content (AvgIpc) is 3.35. The fourth-order valence-electron chi connectivity index (χ4n) is 5.30. The van der Waals surface area contributed by atoms with Crippen molar-refractivity contribution in [2.75, 3.05) is 53.3 Å². The minimum absolute atomic E-state index is 0.00579. The second-order valence-electron chi connectivity index (χ2n) is 11.6. The van der Waals surface area contributed by atoms with Crippen LogP contribution in [0.5, 0.6) is 5.75 Å². The SMILES string of the molecule is COCCOCC1COCCN1Cc1ccc(COc2cccc3c2CN([C@@H](CCC(=O)OCC(C)C)C(N)=O)C3=O)cc1. The zero-order valence-corrected chi connectivity index (χ0v) is 26.0. The van der Waals surface area contributed by atoms with Gasteiger partial charge in [-0.15, -0.1) is 0 Å². The summed E-state index contributed by atoms with van der Waals surface area (Å²) in [5, 5.41) is 0. The van der Waals surface area contributed by atoms with Gasteiger partial charge in [-0.3, -0.25) is 19.3 Å². The standard InChI is InChI=1S/C33H45N3O8/c1-23(2)19-44-31(37)12-11-29(32(34)38)36-18-28-27(33(36)39)5-4-6-30(28)43-20-25-9-7-24(8-10-25)17-35-13-14-41-21-26(35)22-42-16-15-40-3/h4-10,23,26,29H,11-22H2,1-3H3,(H2,34,38)/t26?,29-/m0/s1. The molecule has 2 amide bonds. The van der Waals surface area contributed by atoms with Crippen LogP contribution in [0.4, 0.5) is 0 Å². The van der Waals surface area contributed by atoms with Crippen LogP contribution in [0, 0.1) is 5.92 Å². The van der Waals surface area contributed by atoms with Crippen molar-refractivity contribution in [3.8, 4) is 5.75 Å². The van der Waals surface area contributed by atoms with Crippen molar-refractivity contribution in [3.05, 3.63) is 64.7 Å². The van der Waals surface area contributed by atoms with Gasteiger partial charge in [-0.2, -0.15) is 0 Å². The molecule has 0 bridgehead atoms. The van der Waals surface area contributed by atoms with Gasteiger partial charge in [0.2, 0.25) is 5.91 Å². The number of methoxy groups -OCH3 is 1. The summed E-state index contributed by atoms with van der Waals surface area (Å²) in [5.74, 6) is -0.601. The van der Waals surface area contributed by atoms with Crippen molar-refractivity contribution >= 4 is 17.8 Å². The van der Waals surface area contributed by atoms with E-state index >= 15 is 0 Å². The number of morpholine rings is 1. The topological polar surface area (TPSA) is 130 Å². The third-order valence-electron chi connectivity index (χ3n) is 7.75. The summed E-state index contributed by atoms with van der Waals surface area (Å²) < 4.78 is 27.9. The van der Waals surface area contributed by atoms with Crippen LogP contribution in [-0.2, 0) is 48.2 Å². The first kappa shape index (κ1) is 33.4. The number of carbonyl (C=O) groups is 3. The smallest absolute Gasteiger partial charge is 0.305 e. The lowest BCUT2D eigenvalue weighted by Gasteiger charge is -2.35. The molecule has 0 saturated carbocycles. The van der Waals surface area contributed by atoms with Crippen LogP contribution in [0.1, 0.15) is 53.7 Å². The second-order valence-corrected chi connectivity index (χ2v) is 11.6. The summed E-state index contributed by atoms with van der Waals surface area (Å²) >= 11 is 0. The van der Waals surface area contributed by atoms with Crippen LogP contribution in [0.25, 0.3) is 0 Å². The van der Waals surface area contributed by atoms with Crippen molar-refractivity contribution < 1.29 is 38.1 Å². The molecule has 2 heterocycles. The van der Waals surface area contributed by atoms with E-state index in [9.17, 15) is 14.4 Å². The van der Waals surface area contributed by atoms with E-state index in [2.05, 4.69) is 17.0 Å². The molecule has 2 aliphatic rings. The van der Waals surface area contributed by atoms with E-state index in [1.165, 1.54) is 10.5 Å². The summed E-state index contributed by atoms with van der Waals surface area (Å²) in [6.45, 7) is 9.40. The van der Waals surface area contributed by atoms with Crippen LogP contribution < -0.4 is 10.5 Å². The molecule has 44 heavy (non-hydrogen) atoms. The highest BCUT2D eigenvalue weighted by Gasteiger charge is 2.37. The highest BCUT2D eigenvalue weighted by molar-refractivity contribution is 6.01. The molecule has 0 radical (unpaired) electrons. The van der Waals surface area contributed by atoms with Crippen LogP contribution >= 0.6 is 0 Å². The minimum Gasteiger partial charge on any atom is -0.489 e. The molecular formula is C33H45N3O8. The highest BCUT2D eigenvalue weighted by atomic mass is 16.5. The number of hydrogen-bond donors (Lipinski definition) is 1. The van der Waals surface area contributed by atoms with Crippen molar-refractivity contribution in [1.82, 2.24) is 9.80 Å². The zero-order chi connectivity index (χ0) is 31.5. The molecule has 1 unspecified atom stereocenters. The van der Waals surface area contributed by atoms with Gasteiger partial charge in [-0.1, -0.05) is 44.2 Å². The molecule has 2 N–H and O–H groups in total. The Morgan fingerprint density at radius 1 is 1.09 bits per heavy atom. The van der Waals surface area contributed by atoms with Crippen LogP contribution in [0.15, 0.2) is 42.5 Å². The number of esters is 1. The molecule has 2 aromatic rings. The van der Waals surface area contributed by atoms with Gasteiger partial charge in [0.1, 0.15) is 18.4 Å². The van der Waals surface area contributed by atoms with E-state index < -0.39 is 17.9 Å². The lowest BCUT2D eigenvalue weighted by molar-refractivity contribution is -0.145. The van der Waals surface area contributed by atoms with Gasteiger partial charge in [0.05, 0.1) is 52.2 Å². The predicted molar refractivity (Wildman–Crippen MR) is 163 cm³/mol. The van der Waals surface area contributed by atoms with Gasteiger partial charge >= 0.3 is 5.97 Å². The molecule has 0 aliphatic carbocycles. The fourth-order valence-corrected chi connectivity index (χ4v) is 5.30. The van der Waals surface area contributed by atoms with Gasteiger partial charge in [0.15, 0.2) is 0 Å². The molecular weight excluding hydrogens is 566 g/mol. The third-order valence-corrected chi connectivity index (χ3v) is 7.75. The molecule has 2 aliphatic heterocycles. The van der Waals surface area contributed by atoms with Gasteiger partial charge < -0.3 is 34.3 Å². The molecule has 4 rings (SSSR count). The summed E-state index contributed by atoms with van der Waals surface area (Å²) in [4.78, 5) is 41.5. The lowest BCUT2D eigenvalue weighted by atomic mass is 10.1. The Kier molecular flexibility index (Phi) is 12.5. The van der Waals surface area contributed by atoms with Crippen molar-refractivity contribution in [3.63, 3.8) is 0 Å². The predicted octanol–water partition coefficient (Wildman–Crippen LogP) is 2.92. The number of fused-ring (bicyclic) bond motifs is 1. The van der Waals surface area contributed by atoms with Crippen molar-refractivity contribution in [2.45, 2.75) is 58.5 Å². The van der Waals surface area contributed by atoms with Gasteiger partial charge in [-0.25, -0.2) is 0 Å². The van der Waals surface area contributed by atoms with E-state index in [0.29, 0.717) is 63.1 Å². The Labute approximate surface area is 259 Å². The monoisotopic (exact) mass is 611 g/mol. The summed E-state index contributed by atoms with van der Waals surface area (Å²) in [7, 11) is 1.66. The van der Waals surface area contributed by atoms with E-state index in [0.717, 1.165) is 18.7 Å². The first-order valence-electron chi connectivity index (χ1n) is 15.2. The average molecular weight is 612 g/mol. The number of hydrogen-bond acceptors (Lipinski definition) is 9. The molecule has 11 nitrogen and oxygen atoms in total. The first-order valence-corrected chi connectivity index (χ1v) is 15.2. The number of rotatable bonds is 17. The van der Waals surface area contributed by atoms with Crippen molar-refractivity contribution in [2.24, 2.45) is 11.7 Å². The Morgan fingerprint density at radius 2 is 1.86 bits per heavy atom. The Hall–Kier alpha value is -3.51. The number of amides is 2. The Bertz CT molecular complexity index is 1250. The maximum atomic E-state index is 13.3. The molecule has 2 aromatic carbocycles.